The number of aromatic hydroxyl groups is 1. The summed E-state index contributed by atoms with van der Waals surface area (Å²) in [5.74, 6) is 0.335. The molecule has 0 heterocycles. The minimum absolute atomic E-state index is 0.335. The number of aldehydes is 1. The molecule has 0 radical (unpaired) electrons. The number of halogens is 2. The van der Waals surface area contributed by atoms with Crippen LogP contribution in [0, 0.1) is 21.0 Å². The zero-order chi connectivity index (χ0) is 14.9. The Balaban J connectivity index is 2.53. The van der Waals surface area contributed by atoms with Crippen molar-refractivity contribution in [3.8, 4) is 5.75 Å². The highest BCUT2D eigenvalue weighted by Gasteiger charge is 2.12. The van der Waals surface area contributed by atoms with Gasteiger partial charge in [-0.15, -0.1) is 0 Å². The molecule has 0 aliphatic rings. The number of phenolic OH excluding ortho intramolecular Hbond substituents is 1. The Morgan fingerprint density at radius 1 is 1.20 bits per heavy atom. The first-order chi connectivity index (χ1) is 9.43. The highest BCUT2D eigenvalue weighted by atomic mass is 127. The molecule has 4 heteroatoms. The third-order valence-corrected chi connectivity index (χ3v) is 4.92. The summed E-state index contributed by atoms with van der Waals surface area (Å²) < 4.78 is 1.95. The maximum atomic E-state index is 11.1. The maximum absolute atomic E-state index is 11.1. The Hall–Kier alpha value is -0.630. The van der Waals surface area contributed by atoms with E-state index in [0.717, 1.165) is 35.7 Å². The van der Waals surface area contributed by atoms with Crippen LogP contribution in [0.25, 0.3) is 0 Å². The maximum Gasteiger partial charge on any atom is 0.150 e. The molecule has 2 nitrogen and oxygen atoms in total. The summed E-state index contributed by atoms with van der Waals surface area (Å²) in [4.78, 5) is 11.1. The van der Waals surface area contributed by atoms with E-state index in [9.17, 15) is 9.90 Å². The largest absolute Gasteiger partial charge is 0.507 e. The molecule has 1 N–H and O–H groups in total. The average Bonchev–Trinajstić information content (AvgIpc) is 2.40. The number of hydrogen-bond donors (Lipinski definition) is 1. The van der Waals surface area contributed by atoms with Gasteiger partial charge in [0, 0.05) is 21.1 Å². The number of phenols is 1. The van der Waals surface area contributed by atoms with Gasteiger partial charge in [-0.3, -0.25) is 4.79 Å². The topological polar surface area (TPSA) is 37.3 Å². The van der Waals surface area contributed by atoms with Crippen molar-refractivity contribution < 1.29 is 9.90 Å². The zero-order valence-corrected chi connectivity index (χ0v) is 15.5. The van der Waals surface area contributed by atoms with E-state index in [1.54, 1.807) is 0 Å². The lowest BCUT2D eigenvalue weighted by Crippen LogP contribution is -2.00. The lowest BCUT2D eigenvalue weighted by atomic mass is 9.93. The van der Waals surface area contributed by atoms with Gasteiger partial charge in [-0.1, -0.05) is 12.1 Å². The molecular weight excluding hydrogens is 478 g/mol. The fourth-order valence-corrected chi connectivity index (χ4v) is 4.22. The SMILES string of the molecule is Cc1ccc(C=O)c(C)c1Cc1cc(I)cc(I)c1O. The lowest BCUT2D eigenvalue weighted by Gasteiger charge is -2.14. The first-order valence-corrected chi connectivity index (χ1v) is 8.31. The van der Waals surface area contributed by atoms with Gasteiger partial charge in [-0.2, -0.15) is 0 Å². The third kappa shape index (κ3) is 3.16. The van der Waals surface area contributed by atoms with Crippen molar-refractivity contribution >= 4 is 51.5 Å². The van der Waals surface area contributed by atoms with Crippen LogP contribution in [0.15, 0.2) is 24.3 Å². The Kier molecular flexibility index (Phi) is 5.06. The first kappa shape index (κ1) is 15.8. The molecule has 0 aromatic heterocycles. The molecule has 0 bridgehead atoms. The number of rotatable bonds is 3. The highest BCUT2D eigenvalue weighted by molar-refractivity contribution is 14.1. The molecule has 0 unspecified atom stereocenters. The molecule has 0 saturated carbocycles. The Morgan fingerprint density at radius 3 is 2.55 bits per heavy atom. The number of benzene rings is 2. The molecule has 2 rings (SSSR count). The van der Waals surface area contributed by atoms with Crippen molar-refractivity contribution in [3.63, 3.8) is 0 Å². The summed E-state index contributed by atoms with van der Waals surface area (Å²) in [5, 5.41) is 10.2. The summed E-state index contributed by atoms with van der Waals surface area (Å²) in [6.07, 6.45) is 1.52. The molecule has 20 heavy (non-hydrogen) atoms. The average molecular weight is 492 g/mol. The molecule has 0 aliphatic carbocycles. The standard InChI is InChI=1S/C16H14I2O2/c1-9-3-4-11(8-19)10(2)14(9)6-12-5-13(17)7-15(18)16(12)20/h3-5,7-8,20H,6H2,1-2H3. The van der Waals surface area contributed by atoms with Gasteiger partial charge in [0.2, 0.25) is 0 Å². The van der Waals surface area contributed by atoms with Crippen molar-refractivity contribution in [3.05, 3.63) is 59.2 Å². The first-order valence-electron chi connectivity index (χ1n) is 6.15. The number of aryl methyl sites for hydroxylation is 1. The minimum Gasteiger partial charge on any atom is -0.507 e. The number of carbonyl (C=O) groups is 1. The van der Waals surface area contributed by atoms with E-state index in [-0.39, 0.29) is 0 Å². The van der Waals surface area contributed by atoms with Gasteiger partial charge in [-0.05, 0) is 87.9 Å². The van der Waals surface area contributed by atoms with Gasteiger partial charge in [0.1, 0.15) is 12.0 Å². The molecule has 2 aromatic carbocycles. The quantitative estimate of drug-likeness (QED) is 0.502. The summed E-state index contributed by atoms with van der Waals surface area (Å²) in [5.41, 5.74) is 4.86. The Labute approximate surface area is 145 Å². The predicted molar refractivity (Wildman–Crippen MR) is 97.7 cm³/mol. The lowest BCUT2D eigenvalue weighted by molar-refractivity contribution is 0.112. The van der Waals surface area contributed by atoms with Gasteiger partial charge in [0.05, 0.1) is 3.57 Å². The second-order valence-corrected chi connectivity index (χ2v) is 7.17. The Bertz CT molecular complexity index is 679. The van der Waals surface area contributed by atoms with Crippen LogP contribution in [0.4, 0.5) is 0 Å². The van der Waals surface area contributed by atoms with Gasteiger partial charge >= 0.3 is 0 Å². The molecule has 0 atom stereocenters. The van der Waals surface area contributed by atoms with Crippen LogP contribution in [0.3, 0.4) is 0 Å². The molecule has 0 aliphatic heterocycles. The smallest absolute Gasteiger partial charge is 0.150 e. The predicted octanol–water partition coefficient (Wildman–Crippen LogP) is 4.62. The molecule has 0 spiro atoms. The zero-order valence-electron chi connectivity index (χ0n) is 11.2. The van der Waals surface area contributed by atoms with Crippen molar-refractivity contribution in [2.24, 2.45) is 0 Å². The van der Waals surface area contributed by atoms with Crippen LogP contribution < -0.4 is 0 Å². The minimum atomic E-state index is 0.335. The number of carbonyl (C=O) groups excluding carboxylic acids is 1. The second kappa shape index (κ2) is 6.43. The van der Waals surface area contributed by atoms with Crippen LogP contribution in [-0.4, -0.2) is 11.4 Å². The summed E-state index contributed by atoms with van der Waals surface area (Å²) >= 11 is 4.39. The highest BCUT2D eigenvalue weighted by Crippen LogP contribution is 2.30. The van der Waals surface area contributed by atoms with Crippen LogP contribution in [0.2, 0.25) is 0 Å². The van der Waals surface area contributed by atoms with E-state index in [0.29, 0.717) is 17.7 Å². The Morgan fingerprint density at radius 2 is 1.90 bits per heavy atom. The van der Waals surface area contributed by atoms with Crippen LogP contribution in [-0.2, 0) is 6.42 Å². The summed E-state index contributed by atoms with van der Waals surface area (Å²) in [7, 11) is 0. The molecule has 0 amide bonds. The normalized spacial score (nSPS) is 10.6. The molecule has 0 fully saturated rings. The third-order valence-electron chi connectivity index (χ3n) is 3.48. The van der Waals surface area contributed by atoms with E-state index in [1.165, 1.54) is 0 Å². The van der Waals surface area contributed by atoms with Crippen molar-refractivity contribution in [1.82, 2.24) is 0 Å². The summed E-state index contributed by atoms with van der Waals surface area (Å²) in [6, 6.07) is 7.74. The monoisotopic (exact) mass is 492 g/mol. The molecule has 104 valence electrons. The van der Waals surface area contributed by atoms with Crippen LogP contribution in [0.5, 0.6) is 5.75 Å². The van der Waals surface area contributed by atoms with Gasteiger partial charge in [0.15, 0.2) is 0 Å². The molecular formula is C16H14I2O2. The van der Waals surface area contributed by atoms with Crippen molar-refractivity contribution in [1.29, 1.82) is 0 Å². The van der Waals surface area contributed by atoms with Crippen LogP contribution >= 0.6 is 45.2 Å². The van der Waals surface area contributed by atoms with Crippen molar-refractivity contribution in [2.75, 3.05) is 0 Å². The molecule has 0 saturated heterocycles. The van der Waals surface area contributed by atoms with E-state index in [4.69, 9.17) is 0 Å². The van der Waals surface area contributed by atoms with Gasteiger partial charge < -0.3 is 5.11 Å². The molecule has 2 aromatic rings. The summed E-state index contributed by atoms with van der Waals surface area (Å²) in [6.45, 7) is 3.99. The van der Waals surface area contributed by atoms with Gasteiger partial charge in [0.25, 0.3) is 0 Å². The van der Waals surface area contributed by atoms with Crippen molar-refractivity contribution in [2.45, 2.75) is 20.3 Å². The second-order valence-electron chi connectivity index (χ2n) is 4.77. The number of hydrogen-bond acceptors (Lipinski definition) is 2. The van der Waals surface area contributed by atoms with Crippen LogP contribution in [0.1, 0.15) is 32.6 Å². The fourth-order valence-electron chi connectivity index (χ4n) is 2.25. The van der Waals surface area contributed by atoms with E-state index in [1.807, 2.05) is 38.1 Å². The van der Waals surface area contributed by atoms with E-state index >= 15 is 0 Å². The fraction of sp³-hybridized carbons (Fsp3) is 0.188. The van der Waals surface area contributed by atoms with E-state index in [2.05, 4.69) is 45.2 Å². The van der Waals surface area contributed by atoms with Gasteiger partial charge in [-0.25, -0.2) is 0 Å². The van der Waals surface area contributed by atoms with E-state index < -0.39 is 0 Å².